The van der Waals surface area contributed by atoms with Crippen molar-refractivity contribution < 1.29 is 19.4 Å². The van der Waals surface area contributed by atoms with Crippen LogP contribution < -0.4 is 0 Å². The number of carbonyl (C=O) groups is 1. The molecule has 0 bridgehead atoms. The smallest absolute Gasteiger partial charge is 0.306 e. The number of aliphatic hydroxyl groups is 1. The third-order valence-corrected chi connectivity index (χ3v) is 10.3. The number of esters is 1. The lowest BCUT2D eigenvalue weighted by molar-refractivity contribution is -0.154. The molecule has 50 heavy (non-hydrogen) atoms. The molecule has 0 saturated heterocycles. The largest absolute Gasteiger partial charge is 0.457 e. The summed E-state index contributed by atoms with van der Waals surface area (Å²) >= 11 is 0. The van der Waals surface area contributed by atoms with Crippen molar-refractivity contribution in [2.75, 3.05) is 19.8 Å². The first-order chi connectivity index (χ1) is 24.7. The first-order valence-electron chi connectivity index (χ1n) is 22.8. The van der Waals surface area contributed by atoms with Crippen molar-refractivity contribution in [3.63, 3.8) is 0 Å². The molecule has 0 aliphatic heterocycles. The molecule has 0 aromatic rings. The van der Waals surface area contributed by atoms with Gasteiger partial charge in [0.1, 0.15) is 6.10 Å². The van der Waals surface area contributed by atoms with E-state index in [9.17, 15) is 9.90 Å². The molecule has 298 valence electrons. The summed E-state index contributed by atoms with van der Waals surface area (Å²) in [4.78, 5) is 12.2. The number of ether oxygens (including phenoxy) is 2. The van der Waals surface area contributed by atoms with Gasteiger partial charge in [-0.1, -0.05) is 219 Å². The Morgan fingerprint density at radius 2 is 0.780 bits per heavy atom. The van der Waals surface area contributed by atoms with E-state index in [1.54, 1.807) is 0 Å². The summed E-state index contributed by atoms with van der Waals surface area (Å²) in [6.45, 7) is 5.39. The van der Waals surface area contributed by atoms with Gasteiger partial charge in [0, 0.05) is 13.0 Å². The Bertz CT molecular complexity index is 663. The number of carbonyl (C=O) groups excluding carboxylic acids is 1. The van der Waals surface area contributed by atoms with Crippen molar-refractivity contribution in [2.24, 2.45) is 0 Å². The van der Waals surface area contributed by atoms with Gasteiger partial charge >= 0.3 is 5.97 Å². The van der Waals surface area contributed by atoms with Gasteiger partial charge < -0.3 is 14.6 Å². The minimum atomic E-state index is -0.528. The van der Waals surface area contributed by atoms with Crippen LogP contribution in [0, 0.1) is 0 Å². The fourth-order valence-corrected chi connectivity index (χ4v) is 6.91. The fraction of sp³-hybridized carbons (Fsp3) is 0.935. The first kappa shape index (κ1) is 49.1. The maximum atomic E-state index is 12.2. The van der Waals surface area contributed by atoms with Crippen molar-refractivity contribution in [3.8, 4) is 0 Å². The number of aliphatic hydroxyl groups excluding tert-OH is 1. The van der Waals surface area contributed by atoms with E-state index in [4.69, 9.17) is 9.47 Å². The molecule has 0 rings (SSSR count). The highest BCUT2D eigenvalue weighted by Gasteiger charge is 2.13. The highest BCUT2D eigenvalue weighted by atomic mass is 16.6. The Kier molecular flexibility index (Phi) is 43.5. The lowest BCUT2D eigenvalue weighted by atomic mass is 10.0. The van der Waals surface area contributed by atoms with Crippen molar-refractivity contribution in [3.05, 3.63) is 12.2 Å². The first-order valence-corrected chi connectivity index (χ1v) is 22.8. The van der Waals surface area contributed by atoms with Crippen LogP contribution in [0.4, 0.5) is 0 Å². The van der Waals surface area contributed by atoms with Crippen LogP contribution in [-0.2, 0) is 14.3 Å². The second-order valence-corrected chi connectivity index (χ2v) is 15.5. The number of allylic oxidation sites excluding steroid dienone is 2. The summed E-state index contributed by atoms with van der Waals surface area (Å²) in [6, 6.07) is 0. The van der Waals surface area contributed by atoms with Crippen LogP contribution in [0.15, 0.2) is 12.2 Å². The van der Waals surface area contributed by atoms with Crippen LogP contribution in [0.25, 0.3) is 0 Å². The number of hydrogen-bond donors (Lipinski definition) is 1. The topological polar surface area (TPSA) is 55.8 Å². The standard InChI is InChI=1S/C46H90O4/c1-3-5-7-9-11-13-15-17-19-21-22-23-24-25-26-28-30-32-34-36-38-40-42-49-44-45(43-47)50-46(48)41-39-37-35-33-31-29-27-20-18-16-14-12-10-8-6-4-2/h21-22,45,47H,3-20,23-44H2,1-2H3/b22-21-. The van der Waals surface area contributed by atoms with Crippen molar-refractivity contribution >= 4 is 5.97 Å². The number of hydrogen-bond acceptors (Lipinski definition) is 4. The molecule has 1 unspecified atom stereocenters. The quantitative estimate of drug-likeness (QED) is 0.0390. The van der Waals surface area contributed by atoms with Crippen LogP contribution in [0.5, 0.6) is 0 Å². The Labute approximate surface area is 314 Å². The molecule has 0 aromatic carbocycles. The van der Waals surface area contributed by atoms with E-state index in [0.29, 0.717) is 19.6 Å². The van der Waals surface area contributed by atoms with Crippen molar-refractivity contribution in [1.82, 2.24) is 0 Å². The Morgan fingerprint density at radius 1 is 0.460 bits per heavy atom. The van der Waals surface area contributed by atoms with Crippen molar-refractivity contribution in [2.45, 2.75) is 258 Å². The molecule has 0 radical (unpaired) electrons. The zero-order chi connectivity index (χ0) is 36.3. The van der Waals surface area contributed by atoms with Gasteiger partial charge in [0.25, 0.3) is 0 Å². The monoisotopic (exact) mass is 707 g/mol. The molecule has 4 heteroatoms. The SMILES string of the molecule is CCCCCCCCCC/C=C\CCCCCCCCCCCCOCC(CO)OC(=O)CCCCCCCCCCCCCCCCCC. The molecule has 0 amide bonds. The predicted octanol–water partition coefficient (Wildman–Crippen LogP) is 14.9. The van der Waals surface area contributed by atoms with Crippen LogP contribution >= 0.6 is 0 Å². The van der Waals surface area contributed by atoms with Gasteiger partial charge in [0.2, 0.25) is 0 Å². The lowest BCUT2D eigenvalue weighted by Gasteiger charge is -2.16. The highest BCUT2D eigenvalue weighted by molar-refractivity contribution is 5.69. The summed E-state index contributed by atoms with van der Waals surface area (Å²) in [7, 11) is 0. The Morgan fingerprint density at radius 3 is 1.14 bits per heavy atom. The van der Waals surface area contributed by atoms with E-state index in [2.05, 4.69) is 26.0 Å². The van der Waals surface area contributed by atoms with Gasteiger partial charge in [-0.15, -0.1) is 0 Å². The molecule has 1 N–H and O–H groups in total. The molecule has 4 nitrogen and oxygen atoms in total. The van der Waals surface area contributed by atoms with Gasteiger partial charge in [-0.05, 0) is 38.5 Å². The maximum absolute atomic E-state index is 12.2. The van der Waals surface area contributed by atoms with Crippen LogP contribution in [0.1, 0.15) is 251 Å². The molecule has 0 aliphatic carbocycles. The minimum Gasteiger partial charge on any atom is -0.457 e. The third kappa shape index (κ3) is 41.5. The minimum absolute atomic E-state index is 0.166. The van der Waals surface area contributed by atoms with Crippen LogP contribution in [-0.4, -0.2) is 37.0 Å². The Balaban J connectivity index is 3.36. The summed E-state index contributed by atoms with van der Waals surface area (Å²) < 4.78 is 11.2. The van der Waals surface area contributed by atoms with E-state index in [1.165, 1.54) is 212 Å². The zero-order valence-electron chi connectivity index (χ0n) is 34.2. The van der Waals surface area contributed by atoms with Crippen LogP contribution in [0.3, 0.4) is 0 Å². The molecule has 0 spiro atoms. The normalized spacial score (nSPS) is 12.3. The van der Waals surface area contributed by atoms with Gasteiger partial charge in [0.05, 0.1) is 13.2 Å². The van der Waals surface area contributed by atoms with E-state index in [-0.39, 0.29) is 12.6 Å². The summed E-state index contributed by atoms with van der Waals surface area (Å²) in [5, 5.41) is 9.61. The summed E-state index contributed by atoms with van der Waals surface area (Å²) in [5.41, 5.74) is 0. The summed E-state index contributed by atoms with van der Waals surface area (Å²) in [5.74, 6) is -0.195. The van der Waals surface area contributed by atoms with E-state index >= 15 is 0 Å². The summed E-state index contributed by atoms with van der Waals surface area (Å²) in [6.07, 6.45) is 52.8. The fourth-order valence-electron chi connectivity index (χ4n) is 6.91. The predicted molar refractivity (Wildman–Crippen MR) is 219 cm³/mol. The Hall–Kier alpha value is -0.870. The molecule has 0 aliphatic rings. The van der Waals surface area contributed by atoms with E-state index in [0.717, 1.165) is 19.3 Å². The molecule has 0 saturated carbocycles. The lowest BCUT2D eigenvalue weighted by Crippen LogP contribution is -2.27. The number of rotatable bonds is 43. The van der Waals surface area contributed by atoms with Gasteiger partial charge in [-0.25, -0.2) is 0 Å². The van der Waals surface area contributed by atoms with E-state index < -0.39 is 6.10 Å². The second-order valence-electron chi connectivity index (χ2n) is 15.5. The van der Waals surface area contributed by atoms with Gasteiger partial charge in [0.15, 0.2) is 0 Å². The number of unbranched alkanes of at least 4 members (excludes halogenated alkanes) is 33. The molecule has 1 atom stereocenters. The molecule has 0 fully saturated rings. The zero-order valence-corrected chi connectivity index (χ0v) is 34.2. The highest BCUT2D eigenvalue weighted by Crippen LogP contribution is 2.16. The molecular weight excluding hydrogens is 617 g/mol. The second kappa shape index (κ2) is 44.3. The molecule has 0 heterocycles. The third-order valence-electron chi connectivity index (χ3n) is 10.3. The average Bonchev–Trinajstić information content (AvgIpc) is 3.12. The maximum Gasteiger partial charge on any atom is 0.306 e. The molecular formula is C46H90O4. The average molecular weight is 707 g/mol. The van der Waals surface area contributed by atoms with Crippen molar-refractivity contribution in [1.29, 1.82) is 0 Å². The molecule has 0 aromatic heterocycles. The van der Waals surface area contributed by atoms with Gasteiger partial charge in [-0.3, -0.25) is 4.79 Å². The van der Waals surface area contributed by atoms with Crippen LogP contribution in [0.2, 0.25) is 0 Å². The van der Waals surface area contributed by atoms with E-state index in [1.807, 2.05) is 0 Å². The van der Waals surface area contributed by atoms with Gasteiger partial charge in [-0.2, -0.15) is 0 Å².